The Labute approximate surface area is 152 Å². The largest absolute Gasteiger partial charge is 0.493 e. The van der Waals surface area contributed by atoms with E-state index in [-0.39, 0.29) is 36.2 Å². The van der Waals surface area contributed by atoms with Crippen molar-refractivity contribution in [3.8, 4) is 17.2 Å². The molecule has 0 aliphatic carbocycles. The summed E-state index contributed by atoms with van der Waals surface area (Å²) in [6, 6.07) is 8.75. The first-order valence-corrected chi connectivity index (χ1v) is 7.82. The van der Waals surface area contributed by atoms with Crippen LogP contribution in [0.2, 0.25) is 0 Å². The fraction of sp³-hybridized carbons (Fsp3) is 0.222. The highest BCUT2D eigenvalue weighted by atomic mass is 19.3. The van der Waals surface area contributed by atoms with Crippen LogP contribution in [0.3, 0.4) is 0 Å². The summed E-state index contributed by atoms with van der Waals surface area (Å²) in [5.41, 5.74) is 1.25. The van der Waals surface area contributed by atoms with Gasteiger partial charge >= 0.3 is 12.6 Å². The van der Waals surface area contributed by atoms with Crippen molar-refractivity contribution in [2.24, 2.45) is 0 Å². The summed E-state index contributed by atoms with van der Waals surface area (Å²) < 4.78 is 44.5. The number of carbonyl (C=O) groups is 2. The average molecular weight is 379 g/mol. The molecule has 0 fully saturated rings. The fourth-order valence-electron chi connectivity index (χ4n) is 2.43. The van der Waals surface area contributed by atoms with Gasteiger partial charge in [-0.25, -0.2) is 4.79 Å². The molecule has 1 N–H and O–H groups in total. The van der Waals surface area contributed by atoms with Gasteiger partial charge in [-0.3, -0.25) is 4.79 Å². The molecule has 0 unspecified atom stereocenters. The first-order chi connectivity index (χ1) is 13.0. The van der Waals surface area contributed by atoms with Crippen LogP contribution in [0.5, 0.6) is 17.2 Å². The van der Waals surface area contributed by atoms with Crippen LogP contribution in [-0.2, 0) is 16.1 Å². The Balaban J connectivity index is 1.66. The summed E-state index contributed by atoms with van der Waals surface area (Å²) in [5, 5.41) is 2.62. The predicted octanol–water partition coefficient (Wildman–Crippen LogP) is 2.98. The maximum Gasteiger partial charge on any atom is 0.387 e. The van der Waals surface area contributed by atoms with E-state index in [1.807, 2.05) is 0 Å². The second kappa shape index (κ2) is 7.90. The maximum absolute atomic E-state index is 12.3. The smallest absolute Gasteiger partial charge is 0.387 e. The number of alkyl halides is 2. The molecule has 1 aliphatic rings. The number of nitrogens with one attached hydrogen (secondary N) is 1. The number of hydrogen-bond acceptors (Lipinski definition) is 6. The van der Waals surface area contributed by atoms with E-state index in [9.17, 15) is 18.4 Å². The number of esters is 1. The van der Waals surface area contributed by atoms with Gasteiger partial charge in [0.1, 0.15) is 12.4 Å². The molecule has 0 spiro atoms. The Morgan fingerprint density at radius 2 is 2.04 bits per heavy atom. The summed E-state index contributed by atoms with van der Waals surface area (Å²) in [6.45, 7) is -3.20. The Morgan fingerprint density at radius 1 is 1.22 bits per heavy atom. The SMILES string of the molecule is COc1cc(COC(=O)c2ccc3c(c2)OCC(=O)N3)ccc1OC(F)F. The number of halogens is 2. The third-order valence-electron chi connectivity index (χ3n) is 3.66. The van der Waals surface area contributed by atoms with Gasteiger partial charge < -0.3 is 24.3 Å². The lowest BCUT2D eigenvalue weighted by Gasteiger charge is -2.18. The van der Waals surface area contributed by atoms with Crippen LogP contribution in [0, 0.1) is 0 Å². The van der Waals surface area contributed by atoms with Crippen molar-refractivity contribution in [3.05, 3.63) is 47.5 Å². The molecule has 0 atom stereocenters. The number of methoxy groups -OCH3 is 1. The molecular weight excluding hydrogens is 364 g/mol. The molecule has 0 saturated carbocycles. The lowest BCUT2D eigenvalue weighted by atomic mass is 10.1. The number of hydrogen-bond donors (Lipinski definition) is 1. The van der Waals surface area contributed by atoms with Gasteiger partial charge in [0, 0.05) is 0 Å². The van der Waals surface area contributed by atoms with Crippen LogP contribution >= 0.6 is 0 Å². The summed E-state index contributed by atoms with van der Waals surface area (Å²) in [7, 11) is 1.31. The van der Waals surface area contributed by atoms with Crippen molar-refractivity contribution in [3.63, 3.8) is 0 Å². The summed E-state index contributed by atoms with van der Waals surface area (Å²) in [4.78, 5) is 23.5. The highest BCUT2D eigenvalue weighted by Gasteiger charge is 2.19. The first kappa shape index (κ1) is 18.4. The van der Waals surface area contributed by atoms with E-state index in [0.29, 0.717) is 17.0 Å². The van der Waals surface area contributed by atoms with Crippen molar-refractivity contribution in [1.29, 1.82) is 0 Å². The maximum atomic E-state index is 12.3. The zero-order valence-corrected chi connectivity index (χ0v) is 14.2. The van der Waals surface area contributed by atoms with Crippen LogP contribution < -0.4 is 19.5 Å². The van der Waals surface area contributed by atoms with E-state index < -0.39 is 12.6 Å². The second-order valence-corrected chi connectivity index (χ2v) is 5.49. The molecule has 0 bridgehead atoms. The molecule has 1 amide bonds. The van der Waals surface area contributed by atoms with Crippen LogP contribution in [0.1, 0.15) is 15.9 Å². The number of ether oxygens (including phenoxy) is 4. The molecule has 1 heterocycles. The molecule has 7 nitrogen and oxygen atoms in total. The molecular formula is C18H15F2NO6. The van der Waals surface area contributed by atoms with Gasteiger partial charge in [-0.15, -0.1) is 0 Å². The molecule has 3 rings (SSSR count). The zero-order valence-electron chi connectivity index (χ0n) is 14.2. The Kier molecular flexibility index (Phi) is 5.39. The summed E-state index contributed by atoms with van der Waals surface area (Å²) in [6.07, 6.45) is 0. The quantitative estimate of drug-likeness (QED) is 0.777. The number of benzene rings is 2. The third kappa shape index (κ3) is 4.43. The van der Waals surface area contributed by atoms with Crippen molar-refractivity contribution < 1.29 is 37.3 Å². The molecule has 2 aromatic rings. The Hall–Kier alpha value is -3.36. The van der Waals surface area contributed by atoms with Gasteiger partial charge in [-0.1, -0.05) is 6.07 Å². The van der Waals surface area contributed by atoms with Crippen LogP contribution in [0.4, 0.5) is 14.5 Å². The van der Waals surface area contributed by atoms with Gasteiger partial charge in [0.25, 0.3) is 5.91 Å². The lowest BCUT2D eigenvalue weighted by molar-refractivity contribution is -0.118. The highest BCUT2D eigenvalue weighted by Crippen LogP contribution is 2.31. The van der Waals surface area contributed by atoms with E-state index in [4.69, 9.17) is 14.2 Å². The van der Waals surface area contributed by atoms with Crippen LogP contribution in [0.15, 0.2) is 36.4 Å². The van der Waals surface area contributed by atoms with E-state index in [0.717, 1.165) is 0 Å². The number of rotatable bonds is 6. The molecule has 0 radical (unpaired) electrons. The number of carbonyl (C=O) groups excluding carboxylic acids is 2. The summed E-state index contributed by atoms with van der Waals surface area (Å²) in [5.74, 6) is -0.520. The minimum atomic E-state index is -2.97. The molecule has 9 heteroatoms. The van der Waals surface area contributed by atoms with Crippen molar-refractivity contribution >= 4 is 17.6 Å². The van der Waals surface area contributed by atoms with Crippen LogP contribution in [-0.4, -0.2) is 32.2 Å². The van der Waals surface area contributed by atoms with E-state index in [2.05, 4.69) is 10.1 Å². The van der Waals surface area contributed by atoms with E-state index in [1.165, 1.54) is 37.4 Å². The van der Waals surface area contributed by atoms with Crippen molar-refractivity contribution in [1.82, 2.24) is 0 Å². The van der Waals surface area contributed by atoms with Crippen molar-refractivity contribution in [2.75, 3.05) is 19.0 Å². The molecule has 2 aromatic carbocycles. The predicted molar refractivity (Wildman–Crippen MR) is 89.3 cm³/mol. The van der Waals surface area contributed by atoms with Crippen molar-refractivity contribution in [2.45, 2.75) is 13.2 Å². The van der Waals surface area contributed by atoms with Gasteiger partial charge in [0.15, 0.2) is 18.1 Å². The third-order valence-corrected chi connectivity index (χ3v) is 3.66. The highest BCUT2D eigenvalue weighted by molar-refractivity contribution is 5.97. The Morgan fingerprint density at radius 3 is 2.78 bits per heavy atom. The zero-order chi connectivity index (χ0) is 19.4. The van der Waals surface area contributed by atoms with E-state index >= 15 is 0 Å². The second-order valence-electron chi connectivity index (χ2n) is 5.49. The monoisotopic (exact) mass is 379 g/mol. The molecule has 0 aromatic heterocycles. The van der Waals surface area contributed by atoms with E-state index in [1.54, 1.807) is 6.07 Å². The van der Waals surface area contributed by atoms with Crippen LogP contribution in [0.25, 0.3) is 0 Å². The molecule has 0 saturated heterocycles. The first-order valence-electron chi connectivity index (χ1n) is 7.82. The Bertz CT molecular complexity index is 871. The number of amides is 1. The van der Waals surface area contributed by atoms with Gasteiger partial charge in [-0.2, -0.15) is 8.78 Å². The minimum absolute atomic E-state index is 0.0984. The molecule has 27 heavy (non-hydrogen) atoms. The number of fused-ring (bicyclic) bond motifs is 1. The topological polar surface area (TPSA) is 83.1 Å². The molecule has 1 aliphatic heterocycles. The fourth-order valence-corrected chi connectivity index (χ4v) is 2.43. The lowest BCUT2D eigenvalue weighted by Crippen LogP contribution is -2.25. The van der Waals surface area contributed by atoms with Gasteiger partial charge in [-0.05, 0) is 35.9 Å². The number of anilines is 1. The normalized spacial score (nSPS) is 12.7. The molecule has 142 valence electrons. The van der Waals surface area contributed by atoms with Gasteiger partial charge in [0.05, 0.1) is 18.4 Å². The average Bonchev–Trinajstić information content (AvgIpc) is 2.66. The summed E-state index contributed by atoms with van der Waals surface area (Å²) >= 11 is 0. The standard InChI is InChI=1S/C18H15F2NO6/c1-24-15-6-10(2-5-13(15)27-18(19)20)8-26-17(23)11-3-4-12-14(7-11)25-9-16(22)21-12/h2-7,18H,8-9H2,1H3,(H,21,22). The van der Waals surface area contributed by atoms with Gasteiger partial charge in [0.2, 0.25) is 0 Å². The minimum Gasteiger partial charge on any atom is -0.493 e.